The van der Waals surface area contributed by atoms with Gasteiger partial charge in [0.25, 0.3) is 11.8 Å². The fourth-order valence-corrected chi connectivity index (χ4v) is 6.40. The number of carbonyl (C=O) groups excluding carboxylic acids is 2. The Balaban J connectivity index is 1.37. The number of imide groups is 1. The average Bonchev–Trinajstić information content (AvgIpc) is 3.61. The minimum absolute atomic E-state index is 0.340. The Kier molecular flexibility index (Phi) is 4.35. The molecule has 0 aliphatic carbocycles. The molecule has 38 heavy (non-hydrogen) atoms. The number of aryl methyl sites for hydroxylation is 2. The van der Waals surface area contributed by atoms with Crippen molar-refractivity contribution in [2.24, 2.45) is 0 Å². The number of aromatic nitrogens is 2. The summed E-state index contributed by atoms with van der Waals surface area (Å²) in [6.45, 7) is 0.910. The van der Waals surface area contributed by atoms with Crippen molar-refractivity contribution in [2.45, 2.75) is 19.4 Å². The van der Waals surface area contributed by atoms with Gasteiger partial charge in [-0.3, -0.25) is 14.9 Å². The second-order valence-corrected chi connectivity index (χ2v) is 10.2. The second kappa shape index (κ2) is 7.80. The van der Waals surface area contributed by atoms with E-state index < -0.39 is 0 Å². The van der Waals surface area contributed by atoms with Crippen molar-refractivity contribution < 1.29 is 9.59 Å². The van der Waals surface area contributed by atoms with Gasteiger partial charge in [0.2, 0.25) is 0 Å². The van der Waals surface area contributed by atoms with Crippen molar-refractivity contribution >= 4 is 55.5 Å². The summed E-state index contributed by atoms with van der Waals surface area (Å²) in [6.07, 6.45) is 6.00. The molecule has 0 fully saturated rings. The van der Waals surface area contributed by atoms with Gasteiger partial charge in [-0.05, 0) is 52.4 Å². The number of H-pyrrole nitrogens is 1. The summed E-state index contributed by atoms with van der Waals surface area (Å²) in [4.78, 5) is 29.9. The molecule has 0 bridgehead atoms. The van der Waals surface area contributed by atoms with Crippen LogP contribution in [0.4, 0.5) is 0 Å². The van der Waals surface area contributed by atoms with Gasteiger partial charge in [0.15, 0.2) is 0 Å². The molecular weight excluding hydrogens is 470 g/mol. The lowest BCUT2D eigenvalue weighted by Crippen LogP contribution is -2.22. The molecule has 182 valence electrons. The number of rotatable bonds is 3. The third-order valence-corrected chi connectivity index (χ3v) is 8.08. The van der Waals surface area contributed by atoms with Crippen LogP contribution in [0.15, 0.2) is 91.3 Å². The predicted octanol–water partition coefficient (Wildman–Crippen LogP) is 6.46. The van der Waals surface area contributed by atoms with Gasteiger partial charge in [-0.2, -0.15) is 0 Å². The van der Waals surface area contributed by atoms with Crippen LogP contribution in [0.2, 0.25) is 0 Å². The highest BCUT2D eigenvalue weighted by Gasteiger charge is 2.35. The zero-order valence-corrected chi connectivity index (χ0v) is 20.5. The Morgan fingerprint density at radius 3 is 2.42 bits per heavy atom. The molecule has 0 radical (unpaired) electrons. The van der Waals surface area contributed by atoms with Crippen molar-refractivity contribution in [3.63, 3.8) is 0 Å². The maximum atomic E-state index is 13.3. The average molecular weight is 494 g/mol. The van der Waals surface area contributed by atoms with E-state index in [-0.39, 0.29) is 11.8 Å². The zero-order chi connectivity index (χ0) is 25.4. The van der Waals surface area contributed by atoms with Gasteiger partial charge >= 0.3 is 0 Å². The third kappa shape index (κ3) is 2.93. The van der Waals surface area contributed by atoms with Gasteiger partial charge in [-0.1, -0.05) is 66.7 Å². The topological polar surface area (TPSA) is 66.9 Å². The third-order valence-electron chi connectivity index (χ3n) is 8.08. The normalized spacial score (nSPS) is 15.3. The number of aromatic amines is 1. The number of benzene rings is 4. The molecule has 5 nitrogen and oxygen atoms in total. The maximum Gasteiger partial charge on any atom is 0.259 e. The number of amides is 2. The number of hydrogen-bond donors (Lipinski definition) is 2. The minimum Gasteiger partial charge on any atom is -0.361 e. The first-order valence-corrected chi connectivity index (χ1v) is 13.0. The van der Waals surface area contributed by atoms with Gasteiger partial charge in [-0.25, -0.2) is 0 Å². The van der Waals surface area contributed by atoms with Gasteiger partial charge in [-0.15, -0.1) is 0 Å². The van der Waals surface area contributed by atoms with Crippen LogP contribution >= 0.6 is 0 Å². The Bertz CT molecular complexity index is 2020. The highest BCUT2D eigenvalue weighted by molar-refractivity contribution is 6.50. The molecule has 2 aliphatic heterocycles. The van der Waals surface area contributed by atoms with Crippen LogP contribution in [0, 0.1) is 0 Å². The van der Waals surface area contributed by atoms with E-state index in [1.165, 1.54) is 21.9 Å². The number of hydrogen-bond acceptors (Lipinski definition) is 2. The second-order valence-electron chi connectivity index (χ2n) is 10.2. The summed E-state index contributed by atoms with van der Waals surface area (Å²) in [7, 11) is 0. The molecule has 0 spiro atoms. The van der Waals surface area contributed by atoms with Gasteiger partial charge in [0.1, 0.15) is 0 Å². The molecule has 2 N–H and O–H groups in total. The van der Waals surface area contributed by atoms with Crippen LogP contribution in [0.1, 0.15) is 23.1 Å². The molecule has 8 rings (SSSR count). The van der Waals surface area contributed by atoms with E-state index in [1.807, 2.05) is 24.4 Å². The summed E-state index contributed by atoms with van der Waals surface area (Å²) < 4.78 is 2.23. The molecule has 2 amide bonds. The number of nitrogens with one attached hydrogen (secondary N) is 2. The summed E-state index contributed by atoms with van der Waals surface area (Å²) in [5, 5.41) is 6.88. The molecule has 0 atom stereocenters. The van der Waals surface area contributed by atoms with E-state index in [4.69, 9.17) is 0 Å². The molecule has 5 heteroatoms. The van der Waals surface area contributed by atoms with Crippen LogP contribution in [0.3, 0.4) is 0 Å². The first kappa shape index (κ1) is 21.2. The van der Waals surface area contributed by atoms with Crippen LogP contribution in [0.25, 0.3) is 54.9 Å². The molecule has 0 unspecified atom stereocenters. The first-order valence-electron chi connectivity index (χ1n) is 13.0. The van der Waals surface area contributed by atoms with E-state index in [0.717, 1.165) is 57.9 Å². The van der Waals surface area contributed by atoms with Crippen molar-refractivity contribution in [3.05, 3.63) is 108 Å². The van der Waals surface area contributed by atoms with Crippen LogP contribution < -0.4 is 5.32 Å². The van der Waals surface area contributed by atoms with Crippen LogP contribution in [-0.2, 0) is 22.6 Å². The van der Waals surface area contributed by atoms with E-state index in [2.05, 4.69) is 81.7 Å². The molecule has 4 heterocycles. The van der Waals surface area contributed by atoms with Gasteiger partial charge in [0, 0.05) is 46.4 Å². The summed E-state index contributed by atoms with van der Waals surface area (Å²) in [6, 6.07) is 27.2. The van der Waals surface area contributed by atoms with E-state index in [1.54, 1.807) is 0 Å². The SMILES string of the molecule is O=C1NC(=O)C(c2cn3c4c(cccc24)CCC3)=C1c1c[nH]c2ccc(-c3cccc4ccccc34)cc12. The fraction of sp³-hybridized carbons (Fsp3) is 0.0909. The quantitative estimate of drug-likeness (QED) is 0.278. The molecule has 2 aliphatic rings. The molecule has 6 aromatic rings. The molecular formula is C33H23N3O2. The van der Waals surface area contributed by atoms with Crippen molar-refractivity contribution in [1.82, 2.24) is 14.9 Å². The lowest BCUT2D eigenvalue weighted by atomic mass is 9.93. The lowest BCUT2D eigenvalue weighted by molar-refractivity contribution is -0.122. The van der Waals surface area contributed by atoms with E-state index in [9.17, 15) is 9.59 Å². The Morgan fingerprint density at radius 2 is 1.50 bits per heavy atom. The monoisotopic (exact) mass is 493 g/mol. The highest BCUT2D eigenvalue weighted by Crippen LogP contribution is 2.41. The largest absolute Gasteiger partial charge is 0.361 e. The Morgan fingerprint density at radius 1 is 0.711 bits per heavy atom. The maximum absolute atomic E-state index is 13.3. The van der Waals surface area contributed by atoms with Crippen molar-refractivity contribution in [3.8, 4) is 11.1 Å². The zero-order valence-electron chi connectivity index (χ0n) is 20.5. The highest BCUT2D eigenvalue weighted by atomic mass is 16.2. The predicted molar refractivity (Wildman–Crippen MR) is 151 cm³/mol. The minimum atomic E-state index is -0.353. The summed E-state index contributed by atoms with van der Waals surface area (Å²) in [5.74, 6) is -0.693. The fourth-order valence-electron chi connectivity index (χ4n) is 6.40. The number of carbonyl (C=O) groups is 2. The molecule has 4 aromatic carbocycles. The lowest BCUT2D eigenvalue weighted by Gasteiger charge is -2.14. The number of fused-ring (bicyclic) bond motifs is 2. The van der Waals surface area contributed by atoms with Crippen LogP contribution in [-0.4, -0.2) is 21.4 Å². The van der Waals surface area contributed by atoms with Crippen LogP contribution in [0.5, 0.6) is 0 Å². The standard InChI is InChI=1S/C33H23N3O2/c37-32-29(30(33(38)35-32)27-18-36-15-5-9-20-8-4-12-24(27)31(20)36)26-17-34-28-14-13-21(16-25(26)28)23-11-3-7-19-6-1-2-10-22(19)23/h1-4,6-8,10-14,16-18,34H,5,9,15H2,(H,35,37,38). The Labute approximate surface area is 218 Å². The van der Waals surface area contributed by atoms with E-state index >= 15 is 0 Å². The summed E-state index contributed by atoms with van der Waals surface area (Å²) in [5.41, 5.74) is 8.03. The molecule has 0 saturated carbocycles. The molecule has 0 saturated heterocycles. The first-order chi connectivity index (χ1) is 18.7. The number of nitrogens with zero attached hydrogens (tertiary/aromatic N) is 1. The number of para-hydroxylation sites is 1. The molecule has 2 aromatic heterocycles. The van der Waals surface area contributed by atoms with Crippen molar-refractivity contribution in [1.29, 1.82) is 0 Å². The Hall–Kier alpha value is -4.90. The van der Waals surface area contributed by atoms with Gasteiger partial charge < -0.3 is 9.55 Å². The van der Waals surface area contributed by atoms with Gasteiger partial charge in [0.05, 0.1) is 16.7 Å². The van der Waals surface area contributed by atoms with Crippen molar-refractivity contribution in [2.75, 3.05) is 0 Å². The summed E-state index contributed by atoms with van der Waals surface area (Å²) >= 11 is 0. The smallest absolute Gasteiger partial charge is 0.259 e. The van der Waals surface area contributed by atoms with E-state index in [0.29, 0.717) is 11.1 Å².